The van der Waals surface area contributed by atoms with E-state index in [9.17, 15) is 0 Å². The summed E-state index contributed by atoms with van der Waals surface area (Å²) in [6.07, 6.45) is 2.27. The van der Waals surface area contributed by atoms with Crippen molar-refractivity contribution in [2.75, 3.05) is 26.2 Å². The molecule has 1 saturated heterocycles. The van der Waals surface area contributed by atoms with Gasteiger partial charge in [-0.15, -0.1) is 0 Å². The normalized spacial score (nSPS) is 16.0. The van der Waals surface area contributed by atoms with E-state index in [4.69, 9.17) is 4.98 Å². The van der Waals surface area contributed by atoms with Gasteiger partial charge in [0.25, 0.3) is 0 Å². The molecule has 4 heteroatoms. The first-order valence-electron chi connectivity index (χ1n) is 12.9. The molecular formula is C31H36N4. The Kier molecular flexibility index (Phi) is 7.41. The smallest absolute Gasteiger partial charge is 0.137 e. The molecular weight excluding hydrogens is 428 g/mol. The molecule has 4 aromatic rings. The molecule has 1 atom stereocenters. The number of hydrogen-bond donors (Lipinski definition) is 1. The number of hydrogen-bond acceptors (Lipinski definition) is 3. The third-order valence-corrected chi connectivity index (χ3v) is 7.23. The van der Waals surface area contributed by atoms with Crippen molar-refractivity contribution in [2.45, 2.75) is 38.8 Å². The molecule has 4 nitrogen and oxygen atoms in total. The van der Waals surface area contributed by atoms with E-state index in [1.54, 1.807) is 0 Å². The highest BCUT2D eigenvalue weighted by Gasteiger charge is 2.31. The first-order chi connectivity index (χ1) is 17.2. The number of aromatic amines is 1. The van der Waals surface area contributed by atoms with Crippen LogP contribution in [-0.4, -0.2) is 45.9 Å². The lowest BCUT2D eigenvalue weighted by Gasteiger charge is -2.42. The third kappa shape index (κ3) is 5.24. The Morgan fingerprint density at radius 3 is 1.80 bits per heavy atom. The summed E-state index contributed by atoms with van der Waals surface area (Å²) in [4.78, 5) is 14.0. The highest BCUT2D eigenvalue weighted by atomic mass is 15.3. The van der Waals surface area contributed by atoms with Crippen molar-refractivity contribution in [2.24, 2.45) is 0 Å². The van der Waals surface area contributed by atoms with Crippen LogP contribution in [0.4, 0.5) is 0 Å². The molecule has 2 heterocycles. The molecule has 1 N–H and O–H groups in total. The lowest BCUT2D eigenvalue weighted by atomic mass is 9.96. The van der Waals surface area contributed by atoms with Crippen molar-refractivity contribution in [3.05, 3.63) is 114 Å². The Balaban J connectivity index is 1.36. The Bertz CT molecular complexity index is 1140. The topological polar surface area (TPSA) is 35.2 Å². The zero-order valence-electron chi connectivity index (χ0n) is 20.9. The second kappa shape index (κ2) is 11.0. The van der Waals surface area contributed by atoms with Crippen molar-refractivity contribution in [3.63, 3.8) is 0 Å². The number of nitrogens with zero attached hydrogens (tertiary/aromatic N) is 3. The van der Waals surface area contributed by atoms with Crippen LogP contribution in [0, 0.1) is 6.92 Å². The van der Waals surface area contributed by atoms with Gasteiger partial charge < -0.3 is 4.98 Å². The number of rotatable bonds is 8. The van der Waals surface area contributed by atoms with E-state index >= 15 is 0 Å². The Morgan fingerprint density at radius 2 is 1.26 bits per heavy atom. The SMILES string of the molecule is CCCC(c1nc(-c2ccccc2)[nH]c1C)N1CCN(C(c2ccccc2)c2ccccc2)CC1. The van der Waals surface area contributed by atoms with E-state index in [1.165, 1.54) is 22.5 Å². The number of benzene rings is 3. The highest BCUT2D eigenvalue weighted by Crippen LogP contribution is 2.33. The molecule has 0 amide bonds. The molecule has 0 saturated carbocycles. The number of imidazole rings is 1. The van der Waals surface area contributed by atoms with Crippen LogP contribution in [0.5, 0.6) is 0 Å². The van der Waals surface area contributed by atoms with Crippen molar-refractivity contribution >= 4 is 0 Å². The fraction of sp³-hybridized carbons (Fsp3) is 0.323. The van der Waals surface area contributed by atoms with Crippen LogP contribution in [0.1, 0.15) is 54.4 Å². The van der Waals surface area contributed by atoms with Crippen LogP contribution in [0.25, 0.3) is 11.4 Å². The summed E-state index contributed by atoms with van der Waals surface area (Å²) >= 11 is 0. The molecule has 1 fully saturated rings. The maximum Gasteiger partial charge on any atom is 0.137 e. The van der Waals surface area contributed by atoms with Gasteiger partial charge in [-0.05, 0) is 24.5 Å². The minimum absolute atomic E-state index is 0.293. The number of aryl methyl sites for hydroxylation is 1. The molecule has 0 radical (unpaired) electrons. The van der Waals surface area contributed by atoms with Crippen LogP contribution < -0.4 is 0 Å². The highest BCUT2D eigenvalue weighted by molar-refractivity contribution is 5.55. The van der Waals surface area contributed by atoms with Gasteiger partial charge >= 0.3 is 0 Å². The summed E-state index contributed by atoms with van der Waals surface area (Å²) in [6, 6.07) is 33.0. The van der Waals surface area contributed by atoms with Crippen LogP contribution >= 0.6 is 0 Å². The van der Waals surface area contributed by atoms with Crippen LogP contribution in [-0.2, 0) is 0 Å². The fourth-order valence-corrected chi connectivity index (χ4v) is 5.49. The second-order valence-corrected chi connectivity index (χ2v) is 9.56. The zero-order chi connectivity index (χ0) is 24.0. The van der Waals surface area contributed by atoms with E-state index < -0.39 is 0 Å². The molecule has 1 aliphatic heterocycles. The van der Waals surface area contributed by atoms with Crippen molar-refractivity contribution in [1.29, 1.82) is 0 Å². The molecule has 0 spiro atoms. The molecule has 35 heavy (non-hydrogen) atoms. The van der Waals surface area contributed by atoms with Crippen LogP contribution in [0.2, 0.25) is 0 Å². The van der Waals surface area contributed by atoms with E-state index in [2.05, 4.69) is 120 Å². The minimum Gasteiger partial charge on any atom is -0.342 e. The summed E-state index contributed by atoms with van der Waals surface area (Å²) in [7, 11) is 0. The van der Waals surface area contributed by atoms with Crippen molar-refractivity contribution < 1.29 is 0 Å². The predicted molar refractivity (Wildman–Crippen MR) is 144 cm³/mol. The monoisotopic (exact) mass is 464 g/mol. The summed E-state index contributed by atoms with van der Waals surface area (Å²) in [5, 5.41) is 0. The van der Waals surface area contributed by atoms with Gasteiger partial charge in [-0.25, -0.2) is 4.98 Å². The van der Waals surface area contributed by atoms with E-state index in [0.29, 0.717) is 12.1 Å². The van der Waals surface area contributed by atoms with E-state index in [0.717, 1.165) is 50.4 Å². The molecule has 1 aliphatic rings. The molecule has 0 bridgehead atoms. The van der Waals surface area contributed by atoms with Gasteiger partial charge in [-0.2, -0.15) is 0 Å². The third-order valence-electron chi connectivity index (χ3n) is 7.23. The molecule has 3 aromatic carbocycles. The zero-order valence-corrected chi connectivity index (χ0v) is 20.9. The molecule has 5 rings (SSSR count). The average molecular weight is 465 g/mol. The Hall–Kier alpha value is -3.21. The minimum atomic E-state index is 0.293. The molecule has 1 unspecified atom stereocenters. The van der Waals surface area contributed by atoms with E-state index in [-0.39, 0.29) is 0 Å². The molecule has 1 aromatic heterocycles. The summed E-state index contributed by atoms with van der Waals surface area (Å²) in [6.45, 7) is 8.65. The first kappa shape index (κ1) is 23.5. The largest absolute Gasteiger partial charge is 0.342 e. The van der Waals surface area contributed by atoms with Gasteiger partial charge in [0.2, 0.25) is 0 Å². The number of aromatic nitrogens is 2. The van der Waals surface area contributed by atoms with Gasteiger partial charge in [0.15, 0.2) is 0 Å². The van der Waals surface area contributed by atoms with Gasteiger partial charge in [0.05, 0.1) is 17.8 Å². The van der Waals surface area contributed by atoms with E-state index in [1.807, 2.05) is 0 Å². The molecule has 180 valence electrons. The summed E-state index contributed by atoms with van der Waals surface area (Å²) in [5.41, 5.74) is 6.29. The van der Waals surface area contributed by atoms with Gasteiger partial charge in [0, 0.05) is 37.4 Å². The average Bonchev–Trinajstić information content (AvgIpc) is 3.31. The lowest BCUT2D eigenvalue weighted by Crippen LogP contribution is -2.49. The number of H-pyrrole nitrogens is 1. The standard InChI is InChI=1S/C31H36N4/c1-3-13-28(29-24(2)32-31(33-29)27-18-11-6-12-19-27)34-20-22-35(23-21-34)30(25-14-7-4-8-15-25)26-16-9-5-10-17-26/h4-12,14-19,28,30H,3,13,20-23H2,1-2H3,(H,32,33). The predicted octanol–water partition coefficient (Wildman–Crippen LogP) is 6.63. The summed E-state index contributed by atoms with van der Waals surface area (Å²) in [5.74, 6) is 0.978. The van der Waals surface area contributed by atoms with Crippen molar-refractivity contribution in [1.82, 2.24) is 19.8 Å². The van der Waals surface area contributed by atoms with Crippen molar-refractivity contribution in [3.8, 4) is 11.4 Å². The summed E-state index contributed by atoms with van der Waals surface area (Å²) < 4.78 is 0. The van der Waals surface area contributed by atoms with Gasteiger partial charge in [0.1, 0.15) is 5.82 Å². The number of nitrogens with one attached hydrogen (secondary N) is 1. The quantitative estimate of drug-likeness (QED) is 0.318. The first-order valence-corrected chi connectivity index (χ1v) is 12.9. The maximum absolute atomic E-state index is 5.11. The maximum atomic E-state index is 5.11. The lowest BCUT2D eigenvalue weighted by molar-refractivity contribution is 0.0733. The molecule has 0 aliphatic carbocycles. The van der Waals surface area contributed by atoms with Gasteiger partial charge in [-0.3, -0.25) is 9.80 Å². The Morgan fingerprint density at radius 1 is 0.743 bits per heavy atom. The second-order valence-electron chi connectivity index (χ2n) is 9.56. The van der Waals surface area contributed by atoms with Gasteiger partial charge in [-0.1, -0.05) is 104 Å². The number of piperazine rings is 1. The fourth-order valence-electron chi connectivity index (χ4n) is 5.49. The van der Waals surface area contributed by atoms with Crippen LogP contribution in [0.3, 0.4) is 0 Å². The Labute approximate surface area is 209 Å². The van der Waals surface area contributed by atoms with Crippen LogP contribution in [0.15, 0.2) is 91.0 Å².